The van der Waals surface area contributed by atoms with Gasteiger partial charge in [0.15, 0.2) is 11.5 Å². The maximum absolute atomic E-state index is 13.1. The molecule has 1 N–H and O–H groups in total. The van der Waals surface area contributed by atoms with Gasteiger partial charge in [-0.3, -0.25) is 4.79 Å². The molecule has 0 saturated carbocycles. The Hall–Kier alpha value is -2.51. The molecule has 1 atom stereocenters. The van der Waals surface area contributed by atoms with Crippen LogP contribution in [0.3, 0.4) is 0 Å². The van der Waals surface area contributed by atoms with Crippen molar-refractivity contribution in [3.63, 3.8) is 0 Å². The van der Waals surface area contributed by atoms with E-state index in [0.29, 0.717) is 12.3 Å². The minimum atomic E-state index is -0.323. The first-order chi connectivity index (χ1) is 12.9. The lowest BCUT2D eigenvalue weighted by atomic mass is 10.1. The van der Waals surface area contributed by atoms with Crippen LogP contribution in [0.5, 0.6) is 0 Å². The van der Waals surface area contributed by atoms with E-state index in [-0.39, 0.29) is 23.5 Å². The van der Waals surface area contributed by atoms with Gasteiger partial charge in [-0.1, -0.05) is 45.4 Å². The zero-order valence-electron chi connectivity index (χ0n) is 14.9. The van der Waals surface area contributed by atoms with Crippen molar-refractivity contribution in [1.29, 1.82) is 0 Å². The summed E-state index contributed by atoms with van der Waals surface area (Å²) < 4.78 is 19.4. The Kier molecular flexibility index (Phi) is 6.03. The molecule has 0 saturated heterocycles. The second-order valence-electron chi connectivity index (χ2n) is 6.32. The van der Waals surface area contributed by atoms with Gasteiger partial charge < -0.3 is 14.7 Å². The number of carbonyl (C=O) groups is 1. The number of amides is 1. The summed E-state index contributed by atoms with van der Waals surface area (Å²) in [5.74, 6) is -0.0882. The summed E-state index contributed by atoms with van der Waals surface area (Å²) in [6, 6.07) is 15.3. The number of carbonyl (C=O) groups excluding carboxylic acids is 1. The molecule has 2 aromatic carbocycles. The molecule has 0 unspecified atom stereocenters. The van der Waals surface area contributed by atoms with Gasteiger partial charge in [-0.15, -0.1) is 0 Å². The minimum Gasteiger partial charge on any atom is -0.355 e. The summed E-state index contributed by atoms with van der Waals surface area (Å²) in [6.45, 7) is 0.359. The van der Waals surface area contributed by atoms with Crippen molar-refractivity contribution in [3.05, 3.63) is 76.1 Å². The molecule has 140 valence electrons. The van der Waals surface area contributed by atoms with Crippen LogP contribution in [0.2, 0.25) is 0 Å². The molecule has 0 bridgehead atoms. The zero-order valence-corrected chi connectivity index (χ0v) is 16.5. The van der Waals surface area contributed by atoms with Crippen LogP contribution in [0.25, 0.3) is 11.3 Å². The summed E-state index contributed by atoms with van der Waals surface area (Å²) in [5, 5.41) is 6.72. The van der Waals surface area contributed by atoms with Gasteiger partial charge in [0.1, 0.15) is 5.82 Å². The fraction of sp³-hybridized carbons (Fsp3) is 0.200. The average Bonchev–Trinajstić information content (AvgIpc) is 3.14. The van der Waals surface area contributed by atoms with Gasteiger partial charge in [0.25, 0.3) is 5.91 Å². The summed E-state index contributed by atoms with van der Waals surface area (Å²) >= 11 is 3.38. The summed E-state index contributed by atoms with van der Waals surface area (Å²) in [6.07, 6.45) is 0. The monoisotopic (exact) mass is 431 g/mol. The number of hydrogen-bond acceptors (Lipinski definition) is 4. The van der Waals surface area contributed by atoms with Crippen molar-refractivity contribution in [1.82, 2.24) is 15.4 Å². The second kappa shape index (κ2) is 8.45. The first-order valence-corrected chi connectivity index (χ1v) is 9.16. The molecule has 0 fully saturated rings. The van der Waals surface area contributed by atoms with Crippen LogP contribution < -0.4 is 5.32 Å². The summed E-state index contributed by atoms with van der Waals surface area (Å²) in [7, 11) is 3.81. The quantitative estimate of drug-likeness (QED) is 0.632. The van der Waals surface area contributed by atoms with Gasteiger partial charge in [-0.25, -0.2) is 4.39 Å². The number of nitrogens with one attached hydrogen (secondary N) is 1. The van der Waals surface area contributed by atoms with Crippen molar-refractivity contribution >= 4 is 21.8 Å². The summed E-state index contributed by atoms with van der Waals surface area (Å²) in [5.41, 5.74) is 1.96. The summed E-state index contributed by atoms with van der Waals surface area (Å²) in [4.78, 5) is 14.4. The third kappa shape index (κ3) is 4.81. The number of rotatable bonds is 6. The lowest BCUT2D eigenvalue weighted by Gasteiger charge is -2.25. The van der Waals surface area contributed by atoms with E-state index < -0.39 is 0 Å². The molecular formula is C20H19BrFN3O2. The van der Waals surface area contributed by atoms with Crippen LogP contribution >= 0.6 is 15.9 Å². The molecule has 0 aliphatic rings. The normalized spacial score (nSPS) is 12.2. The van der Waals surface area contributed by atoms with Crippen molar-refractivity contribution < 1.29 is 13.7 Å². The molecule has 7 heteroatoms. The van der Waals surface area contributed by atoms with Crippen molar-refractivity contribution in [2.45, 2.75) is 6.04 Å². The van der Waals surface area contributed by atoms with Gasteiger partial charge in [-0.2, -0.15) is 0 Å². The van der Waals surface area contributed by atoms with Gasteiger partial charge >= 0.3 is 0 Å². The Morgan fingerprint density at radius 3 is 2.48 bits per heavy atom. The third-order valence-electron chi connectivity index (χ3n) is 4.21. The topological polar surface area (TPSA) is 58.4 Å². The van der Waals surface area contributed by atoms with E-state index in [4.69, 9.17) is 4.52 Å². The molecule has 0 spiro atoms. The maximum Gasteiger partial charge on any atom is 0.273 e. The lowest BCUT2D eigenvalue weighted by molar-refractivity contribution is 0.0933. The molecule has 3 rings (SSSR count). The van der Waals surface area contributed by atoms with Gasteiger partial charge in [0.05, 0.1) is 6.04 Å². The highest BCUT2D eigenvalue weighted by Gasteiger charge is 2.18. The highest BCUT2D eigenvalue weighted by molar-refractivity contribution is 9.10. The molecule has 27 heavy (non-hydrogen) atoms. The predicted octanol–water partition coefficient (Wildman–Crippen LogP) is 4.28. The molecule has 1 heterocycles. The third-order valence-corrected chi connectivity index (χ3v) is 4.73. The second-order valence-corrected chi connectivity index (χ2v) is 7.24. The minimum absolute atomic E-state index is 0.0904. The molecule has 5 nitrogen and oxygen atoms in total. The van der Waals surface area contributed by atoms with Crippen LogP contribution in [0.15, 0.2) is 63.6 Å². The van der Waals surface area contributed by atoms with E-state index in [9.17, 15) is 9.18 Å². The molecule has 0 aliphatic carbocycles. The van der Waals surface area contributed by atoms with Crippen LogP contribution in [0.1, 0.15) is 22.1 Å². The first kappa shape index (κ1) is 19.3. The fourth-order valence-corrected chi connectivity index (χ4v) is 2.96. The number of aromatic nitrogens is 1. The number of likely N-dealkylation sites (N-methyl/N-ethyl adjacent to an activating group) is 1. The van der Waals surface area contributed by atoms with E-state index in [1.165, 1.54) is 12.1 Å². The zero-order chi connectivity index (χ0) is 19.4. The standard InChI is InChI=1S/C20H19BrFN3O2/c1-25(2)18(13-5-9-16(22)10-6-13)12-23-20(26)17-11-19(27-24-17)14-3-7-15(21)8-4-14/h3-11,18H,12H2,1-2H3,(H,23,26)/t18-/m0/s1. The molecular weight excluding hydrogens is 413 g/mol. The van der Waals surface area contributed by atoms with Crippen LogP contribution in [-0.4, -0.2) is 36.6 Å². The first-order valence-electron chi connectivity index (χ1n) is 8.37. The van der Waals surface area contributed by atoms with E-state index in [2.05, 4.69) is 26.4 Å². The molecule has 0 radical (unpaired) electrons. The van der Waals surface area contributed by atoms with E-state index in [1.807, 2.05) is 43.3 Å². The number of halogens is 2. The van der Waals surface area contributed by atoms with Crippen molar-refractivity contribution in [2.75, 3.05) is 20.6 Å². The van der Waals surface area contributed by atoms with E-state index in [1.54, 1.807) is 18.2 Å². The van der Waals surface area contributed by atoms with Crippen LogP contribution in [-0.2, 0) is 0 Å². The average molecular weight is 432 g/mol. The van der Waals surface area contributed by atoms with E-state index in [0.717, 1.165) is 15.6 Å². The lowest BCUT2D eigenvalue weighted by Crippen LogP contribution is -2.34. The number of benzene rings is 2. The van der Waals surface area contributed by atoms with Crippen LogP contribution in [0, 0.1) is 5.82 Å². The SMILES string of the molecule is CN(C)[C@@H](CNC(=O)c1cc(-c2ccc(Br)cc2)on1)c1ccc(F)cc1. The van der Waals surface area contributed by atoms with Crippen LogP contribution in [0.4, 0.5) is 4.39 Å². The Labute approximate surface area is 165 Å². The molecule has 1 amide bonds. The Morgan fingerprint density at radius 2 is 1.85 bits per heavy atom. The highest BCUT2D eigenvalue weighted by atomic mass is 79.9. The fourth-order valence-electron chi connectivity index (χ4n) is 2.70. The van der Waals surface area contributed by atoms with Gasteiger partial charge in [-0.05, 0) is 43.9 Å². The Bertz CT molecular complexity index is 908. The van der Waals surface area contributed by atoms with E-state index >= 15 is 0 Å². The Balaban J connectivity index is 1.67. The van der Waals surface area contributed by atoms with Crippen molar-refractivity contribution in [2.24, 2.45) is 0 Å². The molecule has 0 aliphatic heterocycles. The molecule has 3 aromatic rings. The smallest absolute Gasteiger partial charge is 0.273 e. The van der Waals surface area contributed by atoms with Gasteiger partial charge in [0, 0.05) is 22.6 Å². The van der Waals surface area contributed by atoms with Gasteiger partial charge in [0.2, 0.25) is 0 Å². The number of hydrogen-bond donors (Lipinski definition) is 1. The maximum atomic E-state index is 13.1. The van der Waals surface area contributed by atoms with Crippen molar-refractivity contribution in [3.8, 4) is 11.3 Å². The molecule has 1 aromatic heterocycles. The largest absolute Gasteiger partial charge is 0.355 e. The Morgan fingerprint density at radius 1 is 1.19 bits per heavy atom. The number of nitrogens with zero attached hydrogens (tertiary/aromatic N) is 2. The highest BCUT2D eigenvalue weighted by Crippen LogP contribution is 2.23. The predicted molar refractivity (Wildman–Crippen MR) is 105 cm³/mol.